The number of carbonyl (C=O) groups excluding carboxylic acids is 1. The van der Waals surface area contributed by atoms with Crippen LogP contribution < -0.4 is 14.8 Å². The second-order valence-corrected chi connectivity index (χ2v) is 4.20. The van der Waals surface area contributed by atoms with Crippen LogP contribution in [0.25, 0.3) is 11.3 Å². The number of methoxy groups -OCH3 is 2. The van der Waals surface area contributed by atoms with Gasteiger partial charge in [0.05, 0.1) is 19.8 Å². The number of aromatic hydroxyl groups is 2. The van der Waals surface area contributed by atoms with E-state index in [1.165, 1.54) is 21.1 Å². The predicted octanol–water partition coefficient (Wildman–Crippen LogP) is 2.33. The largest absolute Gasteiger partial charge is 0.502 e. The van der Waals surface area contributed by atoms with Crippen molar-refractivity contribution in [1.82, 2.24) is 0 Å². The number of hydrogen-bond acceptors (Lipinski definition) is 6. The summed E-state index contributed by atoms with van der Waals surface area (Å²) < 4.78 is 15.6. The average Bonchev–Trinajstić information content (AvgIpc) is 2.74. The van der Waals surface area contributed by atoms with Crippen LogP contribution in [0.5, 0.6) is 23.0 Å². The molecule has 1 heterocycles. The van der Waals surface area contributed by atoms with Crippen LogP contribution >= 0.6 is 0 Å². The van der Waals surface area contributed by atoms with Gasteiger partial charge in [0.1, 0.15) is 11.5 Å². The summed E-state index contributed by atoms with van der Waals surface area (Å²) in [6.45, 7) is 1.26. The van der Waals surface area contributed by atoms with Gasteiger partial charge in [-0.15, -0.1) is 0 Å². The van der Waals surface area contributed by atoms with Crippen molar-refractivity contribution >= 4 is 11.8 Å². The van der Waals surface area contributed by atoms with E-state index in [0.717, 1.165) is 0 Å². The van der Waals surface area contributed by atoms with Crippen molar-refractivity contribution < 1.29 is 28.9 Å². The second kappa shape index (κ2) is 5.66. The van der Waals surface area contributed by atoms with Crippen LogP contribution in [0.3, 0.4) is 0 Å². The summed E-state index contributed by atoms with van der Waals surface area (Å²) in [5, 5.41) is 22.0. The Kier molecular flexibility index (Phi) is 3.93. The lowest BCUT2D eigenvalue weighted by Gasteiger charge is -2.08. The minimum absolute atomic E-state index is 0.0178. The first-order valence-corrected chi connectivity index (χ1v) is 6.02. The van der Waals surface area contributed by atoms with E-state index < -0.39 is 17.4 Å². The van der Waals surface area contributed by atoms with Crippen LogP contribution in [-0.4, -0.2) is 30.3 Å². The molecule has 21 heavy (non-hydrogen) atoms. The molecule has 0 unspecified atom stereocenters. The summed E-state index contributed by atoms with van der Waals surface area (Å²) in [6, 6.07) is 4.86. The molecule has 0 spiro atoms. The third kappa shape index (κ3) is 2.71. The fraction of sp³-hybridized carbons (Fsp3) is 0.214. The lowest BCUT2D eigenvalue weighted by atomic mass is 10.1. The Morgan fingerprint density at radius 1 is 1.19 bits per heavy atom. The smallest absolute Gasteiger partial charge is 0.246 e. The third-order valence-corrected chi connectivity index (χ3v) is 2.80. The molecule has 3 N–H and O–H groups in total. The van der Waals surface area contributed by atoms with Crippen molar-refractivity contribution in [3.63, 3.8) is 0 Å². The summed E-state index contributed by atoms with van der Waals surface area (Å²) in [5.41, 5.74) is 0.405. The number of amides is 1. The van der Waals surface area contributed by atoms with E-state index in [1.54, 1.807) is 18.2 Å². The highest BCUT2D eigenvalue weighted by Crippen LogP contribution is 2.48. The van der Waals surface area contributed by atoms with Crippen molar-refractivity contribution in [2.45, 2.75) is 6.92 Å². The normalized spacial score (nSPS) is 10.2. The standard InChI is InChI=1S/C14H15NO6/c1-7(16)15-14-12(18)11(17)13(21-14)9-5-4-8(19-2)6-10(9)20-3/h4-6,17-18H,1-3H3,(H,15,16). The lowest BCUT2D eigenvalue weighted by Crippen LogP contribution is -2.04. The van der Waals surface area contributed by atoms with Crippen molar-refractivity contribution in [2.24, 2.45) is 0 Å². The van der Waals surface area contributed by atoms with E-state index in [4.69, 9.17) is 13.9 Å². The zero-order valence-corrected chi connectivity index (χ0v) is 11.8. The molecule has 112 valence electrons. The van der Waals surface area contributed by atoms with Crippen LogP contribution in [0.2, 0.25) is 0 Å². The van der Waals surface area contributed by atoms with Gasteiger partial charge >= 0.3 is 0 Å². The number of furan rings is 1. The molecule has 2 aromatic rings. The Balaban J connectivity index is 2.54. The van der Waals surface area contributed by atoms with Crippen LogP contribution in [0.15, 0.2) is 22.6 Å². The average molecular weight is 293 g/mol. The van der Waals surface area contributed by atoms with Gasteiger partial charge in [-0.1, -0.05) is 0 Å². The number of anilines is 1. The van der Waals surface area contributed by atoms with Gasteiger partial charge in [0.15, 0.2) is 5.76 Å². The van der Waals surface area contributed by atoms with E-state index in [9.17, 15) is 15.0 Å². The number of hydrogen-bond donors (Lipinski definition) is 3. The highest BCUT2D eigenvalue weighted by Gasteiger charge is 2.23. The molecule has 7 nitrogen and oxygen atoms in total. The first-order chi connectivity index (χ1) is 9.97. The minimum atomic E-state index is -0.543. The van der Waals surface area contributed by atoms with Gasteiger partial charge in [-0.25, -0.2) is 0 Å². The molecule has 0 aliphatic heterocycles. The zero-order valence-electron chi connectivity index (χ0n) is 11.8. The lowest BCUT2D eigenvalue weighted by molar-refractivity contribution is -0.114. The maximum absolute atomic E-state index is 11.0. The van der Waals surface area contributed by atoms with E-state index in [2.05, 4.69) is 5.32 Å². The molecule has 0 aliphatic rings. The highest BCUT2D eigenvalue weighted by molar-refractivity contribution is 5.90. The monoisotopic (exact) mass is 293 g/mol. The molecule has 0 radical (unpaired) electrons. The highest BCUT2D eigenvalue weighted by atomic mass is 16.5. The number of nitrogens with one attached hydrogen (secondary N) is 1. The maximum atomic E-state index is 11.0. The number of rotatable bonds is 4. The summed E-state index contributed by atoms with van der Waals surface area (Å²) in [7, 11) is 2.96. The van der Waals surface area contributed by atoms with Crippen LogP contribution in [0, 0.1) is 0 Å². The first-order valence-electron chi connectivity index (χ1n) is 6.02. The first kappa shape index (κ1) is 14.6. The van der Waals surface area contributed by atoms with E-state index in [0.29, 0.717) is 17.1 Å². The Bertz CT molecular complexity index is 676. The number of ether oxygens (including phenoxy) is 2. The quantitative estimate of drug-likeness (QED) is 0.799. The van der Waals surface area contributed by atoms with E-state index >= 15 is 0 Å². The Hall–Kier alpha value is -2.83. The van der Waals surface area contributed by atoms with Gasteiger partial charge in [0.25, 0.3) is 0 Å². The molecule has 1 aromatic heterocycles. The molecule has 2 rings (SSSR count). The van der Waals surface area contributed by atoms with Crippen molar-refractivity contribution in [3.05, 3.63) is 18.2 Å². The van der Waals surface area contributed by atoms with Crippen LogP contribution in [-0.2, 0) is 4.79 Å². The molecule has 0 saturated carbocycles. The topological polar surface area (TPSA) is 101 Å². The Morgan fingerprint density at radius 2 is 1.90 bits per heavy atom. The van der Waals surface area contributed by atoms with Gasteiger partial charge in [0, 0.05) is 13.0 Å². The molecule has 1 aromatic carbocycles. The summed E-state index contributed by atoms with van der Waals surface area (Å²) in [4.78, 5) is 11.0. The van der Waals surface area contributed by atoms with Gasteiger partial charge in [0.2, 0.25) is 23.3 Å². The third-order valence-electron chi connectivity index (χ3n) is 2.80. The summed E-state index contributed by atoms with van der Waals surface area (Å²) in [5.74, 6) is -0.767. The molecular formula is C14H15NO6. The summed E-state index contributed by atoms with van der Waals surface area (Å²) >= 11 is 0. The molecule has 1 amide bonds. The molecule has 0 bridgehead atoms. The van der Waals surface area contributed by atoms with Gasteiger partial charge in [-0.2, -0.15) is 0 Å². The predicted molar refractivity (Wildman–Crippen MR) is 74.9 cm³/mol. The van der Waals surface area contributed by atoms with Crippen LogP contribution in [0.1, 0.15) is 6.92 Å². The maximum Gasteiger partial charge on any atom is 0.246 e. The van der Waals surface area contributed by atoms with Gasteiger partial charge in [-0.05, 0) is 12.1 Å². The zero-order chi connectivity index (χ0) is 15.6. The number of carbonyl (C=O) groups is 1. The van der Waals surface area contributed by atoms with Gasteiger partial charge in [-0.3, -0.25) is 10.1 Å². The van der Waals surface area contributed by atoms with Crippen LogP contribution in [0.4, 0.5) is 5.88 Å². The molecule has 0 fully saturated rings. The molecule has 7 heteroatoms. The van der Waals surface area contributed by atoms with Crippen molar-refractivity contribution in [3.8, 4) is 34.3 Å². The second-order valence-electron chi connectivity index (χ2n) is 4.20. The number of benzene rings is 1. The Labute approximate surface area is 120 Å². The molecular weight excluding hydrogens is 278 g/mol. The van der Waals surface area contributed by atoms with Gasteiger partial charge < -0.3 is 24.1 Å². The summed E-state index contributed by atoms with van der Waals surface area (Å²) in [6.07, 6.45) is 0. The SMILES string of the molecule is COc1ccc(-c2oc(NC(C)=O)c(O)c2O)c(OC)c1. The molecule has 0 aliphatic carbocycles. The molecule has 0 atom stereocenters. The fourth-order valence-electron chi connectivity index (χ4n) is 1.83. The fourth-order valence-corrected chi connectivity index (χ4v) is 1.83. The molecule has 0 saturated heterocycles. The van der Waals surface area contributed by atoms with E-state index in [-0.39, 0.29) is 11.6 Å². The van der Waals surface area contributed by atoms with Crippen molar-refractivity contribution in [1.29, 1.82) is 0 Å². The minimum Gasteiger partial charge on any atom is -0.502 e. The van der Waals surface area contributed by atoms with E-state index in [1.807, 2.05) is 0 Å². The van der Waals surface area contributed by atoms with Crippen molar-refractivity contribution in [2.75, 3.05) is 19.5 Å². The Morgan fingerprint density at radius 3 is 2.48 bits per heavy atom.